The Hall–Kier alpha value is -3.77. The molecule has 12 heteroatoms. The number of fused-ring (bicyclic) bond motifs is 3. The van der Waals surface area contributed by atoms with E-state index in [0.717, 1.165) is 47.9 Å². The molecule has 204 valence electrons. The van der Waals surface area contributed by atoms with E-state index in [-0.39, 0.29) is 22.6 Å². The van der Waals surface area contributed by atoms with Gasteiger partial charge in [-0.3, -0.25) is 9.52 Å². The number of ether oxygens (including phenoxy) is 2. The first-order valence-corrected chi connectivity index (χ1v) is 14.6. The molecule has 2 atom stereocenters. The number of thiophene rings is 1. The maximum absolute atomic E-state index is 14.6. The summed E-state index contributed by atoms with van der Waals surface area (Å²) in [6.45, 7) is 3.73. The number of nitrogens with zero attached hydrogens (tertiary/aromatic N) is 1. The van der Waals surface area contributed by atoms with Crippen LogP contribution in [0.15, 0.2) is 52.2 Å². The summed E-state index contributed by atoms with van der Waals surface area (Å²) < 4.78 is 53.1. The molecule has 0 aliphatic heterocycles. The van der Waals surface area contributed by atoms with Gasteiger partial charge in [0.1, 0.15) is 21.3 Å². The van der Waals surface area contributed by atoms with Crippen molar-refractivity contribution in [2.24, 2.45) is 5.92 Å². The Labute approximate surface area is 228 Å². The fourth-order valence-electron chi connectivity index (χ4n) is 4.55. The van der Waals surface area contributed by atoms with Crippen molar-refractivity contribution in [2.45, 2.75) is 44.1 Å². The van der Waals surface area contributed by atoms with Crippen molar-refractivity contribution in [1.82, 2.24) is 9.97 Å². The number of methoxy groups -OCH3 is 1. The van der Waals surface area contributed by atoms with Crippen molar-refractivity contribution in [3.8, 4) is 5.75 Å². The molecule has 4 aromatic rings. The summed E-state index contributed by atoms with van der Waals surface area (Å²) in [6.07, 6.45) is 1.79. The smallest absolute Gasteiger partial charge is 0.338 e. The number of aryl methyl sites for hydroxylation is 1. The van der Waals surface area contributed by atoms with Crippen LogP contribution in [-0.4, -0.2) is 31.5 Å². The molecular weight excluding hydrogens is 545 g/mol. The summed E-state index contributed by atoms with van der Waals surface area (Å²) in [4.78, 5) is 34.1. The number of rotatable bonds is 7. The quantitative estimate of drug-likeness (QED) is 0.300. The van der Waals surface area contributed by atoms with Gasteiger partial charge in [0.2, 0.25) is 0 Å². The Morgan fingerprint density at radius 1 is 1.23 bits per heavy atom. The zero-order valence-corrected chi connectivity index (χ0v) is 23.0. The highest BCUT2D eigenvalue weighted by atomic mass is 32.2. The third kappa shape index (κ3) is 5.39. The van der Waals surface area contributed by atoms with E-state index in [1.54, 1.807) is 19.1 Å². The van der Waals surface area contributed by atoms with Gasteiger partial charge in [-0.25, -0.2) is 22.6 Å². The first-order valence-electron chi connectivity index (χ1n) is 12.3. The summed E-state index contributed by atoms with van der Waals surface area (Å²) in [5.74, 6) is -0.701. The highest BCUT2D eigenvalue weighted by Crippen LogP contribution is 2.36. The zero-order chi connectivity index (χ0) is 27.9. The Bertz CT molecular complexity index is 1730. The van der Waals surface area contributed by atoms with E-state index in [1.165, 1.54) is 30.6 Å². The highest BCUT2D eigenvalue weighted by Gasteiger charge is 2.26. The van der Waals surface area contributed by atoms with Crippen molar-refractivity contribution < 1.29 is 27.1 Å². The summed E-state index contributed by atoms with van der Waals surface area (Å²) >= 11 is 1.48. The van der Waals surface area contributed by atoms with Gasteiger partial charge in [-0.05, 0) is 80.1 Å². The van der Waals surface area contributed by atoms with Gasteiger partial charge >= 0.3 is 5.97 Å². The maximum Gasteiger partial charge on any atom is 0.338 e. The van der Waals surface area contributed by atoms with Gasteiger partial charge in [-0.15, -0.1) is 11.3 Å². The molecule has 2 aromatic heterocycles. The molecule has 2 heterocycles. The number of hydrogen-bond donors (Lipinski definition) is 2. The first kappa shape index (κ1) is 26.8. The average molecular weight is 572 g/mol. The zero-order valence-electron chi connectivity index (χ0n) is 21.4. The number of sulfonamides is 1. The van der Waals surface area contributed by atoms with Crippen molar-refractivity contribution in [3.05, 3.63) is 80.5 Å². The lowest BCUT2D eigenvalue weighted by Gasteiger charge is -2.17. The third-order valence-corrected chi connectivity index (χ3v) is 9.20. The number of halogens is 1. The van der Waals surface area contributed by atoms with E-state index in [9.17, 15) is 22.4 Å². The monoisotopic (exact) mass is 571 g/mol. The molecule has 5 rings (SSSR count). The maximum atomic E-state index is 14.6. The van der Waals surface area contributed by atoms with Gasteiger partial charge in [0.15, 0.2) is 11.9 Å². The first-order chi connectivity index (χ1) is 18.6. The molecule has 39 heavy (non-hydrogen) atoms. The van der Waals surface area contributed by atoms with Crippen molar-refractivity contribution in [1.29, 1.82) is 0 Å². The summed E-state index contributed by atoms with van der Waals surface area (Å²) in [5.41, 5.74) is 0.764. The number of aromatic nitrogens is 2. The summed E-state index contributed by atoms with van der Waals surface area (Å²) in [6, 6.07) is 8.94. The van der Waals surface area contributed by atoms with Crippen molar-refractivity contribution in [3.63, 3.8) is 0 Å². The molecular formula is C27H26FN3O6S2. The Kier molecular flexibility index (Phi) is 7.17. The third-order valence-electron chi connectivity index (χ3n) is 6.65. The van der Waals surface area contributed by atoms with Crippen LogP contribution < -0.4 is 15.0 Å². The minimum atomic E-state index is -4.37. The lowest BCUT2D eigenvalue weighted by Crippen LogP contribution is -2.19. The fraction of sp³-hybridized carbons (Fsp3) is 0.296. The van der Waals surface area contributed by atoms with Gasteiger partial charge in [0, 0.05) is 10.6 Å². The molecule has 0 fully saturated rings. The number of hydrogen-bond acceptors (Lipinski definition) is 8. The van der Waals surface area contributed by atoms with Crippen LogP contribution in [0.5, 0.6) is 5.75 Å². The lowest BCUT2D eigenvalue weighted by atomic mass is 9.89. The molecule has 2 N–H and O–H groups in total. The summed E-state index contributed by atoms with van der Waals surface area (Å²) in [7, 11) is -2.89. The van der Waals surface area contributed by atoms with Gasteiger partial charge in [-0.2, -0.15) is 0 Å². The van der Waals surface area contributed by atoms with E-state index in [4.69, 9.17) is 9.47 Å². The number of anilines is 1. The molecule has 9 nitrogen and oxygen atoms in total. The van der Waals surface area contributed by atoms with E-state index >= 15 is 0 Å². The second-order valence-electron chi connectivity index (χ2n) is 9.51. The molecule has 0 unspecified atom stereocenters. The van der Waals surface area contributed by atoms with E-state index in [0.29, 0.717) is 21.9 Å². The van der Waals surface area contributed by atoms with Crippen molar-refractivity contribution >= 4 is 43.2 Å². The normalized spacial score (nSPS) is 15.9. The number of H-pyrrole nitrogens is 1. The second-order valence-corrected chi connectivity index (χ2v) is 12.2. The van der Waals surface area contributed by atoms with E-state index in [1.807, 2.05) is 0 Å². The van der Waals surface area contributed by atoms with Gasteiger partial charge < -0.3 is 14.5 Å². The van der Waals surface area contributed by atoms with Gasteiger partial charge in [0.25, 0.3) is 15.6 Å². The Morgan fingerprint density at radius 2 is 1.97 bits per heavy atom. The average Bonchev–Trinajstić information content (AvgIpc) is 3.26. The molecule has 2 aromatic carbocycles. The van der Waals surface area contributed by atoms with Crippen molar-refractivity contribution in [2.75, 3.05) is 11.8 Å². The minimum Gasteiger partial charge on any atom is -0.497 e. The predicted octanol–water partition coefficient (Wildman–Crippen LogP) is 4.98. The molecule has 0 bridgehead atoms. The fourth-order valence-corrected chi connectivity index (χ4v) is 7.10. The predicted molar refractivity (Wildman–Crippen MR) is 145 cm³/mol. The molecule has 0 amide bonds. The molecule has 0 radical (unpaired) electrons. The minimum absolute atomic E-state index is 0.170. The van der Waals surface area contributed by atoms with Gasteiger partial charge in [-0.1, -0.05) is 6.92 Å². The van der Waals surface area contributed by atoms with Crippen LogP contribution in [0.2, 0.25) is 0 Å². The van der Waals surface area contributed by atoms with Crippen LogP contribution >= 0.6 is 11.3 Å². The number of carbonyl (C=O) groups is 1. The van der Waals surface area contributed by atoms with Crippen LogP contribution in [0.1, 0.15) is 53.0 Å². The van der Waals surface area contributed by atoms with Crippen LogP contribution in [0.4, 0.5) is 10.1 Å². The molecule has 0 saturated heterocycles. The molecule has 1 aliphatic rings. The largest absolute Gasteiger partial charge is 0.497 e. The number of carbonyl (C=O) groups excluding carboxylic acids is 1. The number of benzene rings is 2. The SMILES string of the molecule is COc1ccc(NS(=O)(=O)c2cc(C(=O)O[C@H](C)c3nc4sc5c(c4c(=O)[nH]3)CC[C@H](C)C5)ccc2F)cc1. The van der Waals surface area contributed by atoms with Crippen LogP contribution in [0.25, 0.3) is 10.2 Å². The number of esters is 1. The second kappa shape index (κ2) is 10.4. The van der Waals surface area contributed by atoms with E-state index in [2.05, 4.69) is 21.6 Å². The number of aromatic amines is 1. The molecule has 0 saturated carbocycles. The molecule has 1 aliphatic carbocycles. The van der Waals surface area contributed by atoms with E-state index < -0.39 is 32.8 Å². The topological polar surface area (TPSA) is 127 Å². The molecule has 0 spiro atoms. The van der Waals surface area contributed by atoms with Gasteiger partial charge in [0.05, 0.1) is 18.1 Å². The number of nitrogens with one attached hydrogen (secondary N) is 2. The standard InChI is InChI=1S/C27H26FN3O6S2/c1-14-4-10-19-21(12-14)38-26-23(19)25(32)29-24(30-26)15(2)37-27(33)16-5-11-20(28)22(13-16)39(34,35)31-17-6-8-18(36-3)9-7-17/h5-9,11,13-15,31H,4,10,12H2,1-3H3,(H,29,30,32)/t14-,15+/m0/s1. The summed E-state index contributed by atoms with van der Waals surface area (Å²) in [5, 5.41) is 0.585. The van der Waals surface area contributed by atoms with Crippen LogP contribution in [0, 0.1) is 11.7 Å². The Morgan fingerprint density at radius 3 is 2.69 bits per heavy atom. The van der Waals surface area contributed by atoms with Crippen LogP contribution in [-0.2, 0) is 27.6 Å². The highest BCUT2D eigenvalue weighted by molar-refractivity contribution is 7.92. The Balaban J connectivity index is 1.37. The lowest BCUT2D eigenvalue weighted by molar-refractivity contribution is 0.0319. The van der Waals surface area contributed by atoms with Crippen LogP contribution in [0.3, 0.4) is 0 Å².